The molecule has 1 spiro atoms. The second-order valence-electron chi connectivity index (χ2n) is 8.50. The summed E-state index contributed by atoms with van der Waals surface area (Å²) in [6.45, 7) is 2.00. The fourth-order valence-electron chi connectivity index (χ4n) is 4.82. The lowest BCUT2D eigenvalue weighted by atomic mass is 9.92. The molecule has 1 aromatic carbocycles. The number of likely N-dealkylation sites (tertiary alicyclic amines) is 1. The Morgan fingerprint density at radius 3 is 2.75 bits per heavy atom. The van der Waals surface area contributed by atoms with E-state index >= 15 is 0 Å². The van der Waals surface area contributed by atoms with Crippen LogP contribution >= 0.6 is 0 Å². The molecule has 1 aliphatic carbocycles. The lowest BCUT2D eigenvalue weighted by molar-refractivity contribution is -0.123. The summed E-state index contributed by atoms with van der Waals surface area (Å²) in [4.78, 5) is 31.0. The minimum atomic E-state index is -0.349. The van der Waals surface area contributed by atoms with Crippen LogP contribution in [0, 0.1) is 5.82 Å². The topological polar surface area (TPSA) is 55.9 Å². The monoisotopic (exact) mass is 388 g/mol. The van der Waals surface area contributed by atoms with Crippen LogP contribution in [-0.2, 0) is 4.79 Å². The van der Waals surface area contributed by atoms with Crippen molar-refractivity contribution in [1.82, 2.24) is 15.1 Å². The first-order valence-electron chi connectivity index (χ1n) is 10.3. The Bertz CT molecular complexity index is 752. The Balaban J connectivity index is 1.46. The Labute approximate surface area is 165 Å². The number of likely N-dealkylation sites (N-methyl/N-ethyl adjacent to an activating group) is 1. The lowest BCUT2D eigenvalue weighted by Gasteiger charge is -2.46. The molecular formula is C21H29FN4O2. The van der Waals surface area contributed by atoms with Crippen molar-refractivity contribution in [2.24, 2.45) is 0 Å². The third-order valence-corrected chi connectivity index (χ3v) is 6.61. The molecule has 3 amide bonds. The third-order valence-electron chi connectivity index (χ3n) is 6.61. The molecule has 1 aromatic rings. The van der Waals surface area contributed by atoms with Crippen LogP contribution in [0.25, 0.3) is 0 Å². The second kappa shape index (κ2) is 7.70. The number of carbonyl (C=O) groups excluding carboxylic acids is 2. The molecule has 0 unspecified atom stereocenters. The lowest BCUT2D eigenvalue weighted by Crippen LogP contribution is -2.64. The van der Waals surface area contributed by atoms with Gasteiger partial charge in [0.1, 0.15) is 5.82 Å². The largest absolute Gasteiger partial charge is 0.335 e. The smallest absolute Gasteiger partial charge is 0.317 e. The number of rotatable bonds is 2. The molecule has 4 rings (SSSR count). The van der Waals surface area contributed by atoms with Gasteiger partial charge in [-0.3, -0.25) is 9.69 Å². The van der Waals surface area contributed by atoms with E-state index in [1.54, 1.807) is 17.0 Å². The predicted molar refractivity (Wildman–Crippen MR) is 106 cm³/mol. The highest BCUT2D eigenvalue weighted by Crippen LogP contribution is 2.33. The average molecular weight is 388 g/mol. The van der Waals surface area contributed by atoms with Crippen molar-refractivity contribution in [3.63, 3.8) is 0 Å². The number of urea groups is 1. The fraction of sp³-hybridized carbons (Fsp3) is 0.619. The molecule has 1 saturated carbocycles. The summed E-state index contributed by atoms with van der Waals surface area (Å²) < 4.78 is 13.7. The number of nitrogens with one attached hydrogen (secondary N) is 1. The van der Waals surface area contributed by atoms with Gasteiger partial charge in [-0.25, -0.2) is 9.18 Å². The molecule has 2 aliphatic heterocycles. The normalized spacial score (nSPS) is 26.9. The van der Waals surface area contributed by atoms with E-state index in [4.69, 9.17) is 0 Å². The zero-order valence-electron chi connectivity index (χ0n) is 16.5. The van der Waals surface area contributed by atoms with Gasteiger partial charge in [0.25, 0.3) is 0 Å². The van der Waals surface area contributed by atoms with Crippen LogP contribution in [0.5, 0.6) is 0 Å². The molecule has 2 heterocycles. The number of hydrogen-bond acceptors (Lipinski definition) is 3. The van der Waals surface area contributed by atoms with E-state index in [-0.39, 0.29) is 35.9 Å². The molecule has 152 valence electrons. The van der Waals surface area contributed by atoms with Crippen molar-refractivity contribution in [2.75, 3.05) is 38.1 Å². The molecule has 7 heteroatoms. The standard InChI is InChI=1S/C21H29FN4O2/c1-24-13-19(27)26(18-9-5-6-16(22)12-18)15-21(24)10-11-25(14-21)20(28)23-17-7-3-2-4-8-17/h5-6,9,12,17H,2-4,7-8,10-11,13-15H2,1H3,(H,23,28)/t21-/m0/s1. The summed E-state index contributed by atoms with van der Waals surface area (Å²) in [5, 5.41) is 3.20. The maximum absolute atomic E-state index is 13.7. The van der Waals surface area contributed by atoms with E-state index in [2.05, 4.69) is 10.2 Å². The number of piperazine rings is 1. The Hall–Kier alpha value is -2.15. The van der Waals surface area contributed by atoms with Crippen molar-refractivity contribution in [1.29, 1.82) is 0 Å². The fourth-order valence-corrected chi connectivity index (χ4v) is 4.82. The van der Waals surface area contributed by atoms with Crippen LogP contribution < -0.4 is 10.2 Å². The molecule has 0 radical (unpaired) electrons. The minimum absolute atomic E-state index is 0.00591. The molecule has 0 bridgehead atoms. The van der Waals surface area contributed by atoms with Crippen molar-refractivity contribution in [3.05, 3.63) is 30.1 Å². The second-order valence-corrected chi connectivity index (χ2v) is 8.50. The highest BCUT2D eigenvalue weighted by atomic mass is 19.1. The summed E-state index contributed by atoms with van der Waals surface area (Å²) in [5.41, 5.74) is 0.298. The Morgan fingerprint density at radius 2 is 2.00 bits per heavy atom. The number of amides is 3. The Morgan fingerprint density at radius 1 is 1.21 bits per heavy atom. The van der Waals surface area contributed by atoms with Gasteiger partial charge in [0.2, 0.25) is 5.91 Å². The SMILES string of the molecule is CN1CC(=O)N(c2cccc(F)c2)C[C@@]12CCN(C(=O)NC1CCCCC1)C2. The van der Waals surface area contributed by atoms with Crippen molar-refractivity contribution >= 4 is 17.6 Å². The highest BCUT2D eigenvalue weighted by Gasteiger charge is 2.48. The summed E-state index contributed by atoms with van der Waals surface area (Å²) in [6, 6.07) is 6.47. The first kappa shape index (κ1) is 19.2. The van der Waals surface area contributed by atoms with Crippen LogP contribution in [0.4, 0.5) is 14.9 Å². The van der Waals surface area contributed by atoms with E-state index < -0.39 is 0 Å². The van der Waals surface area contributed by atoms with Crippen LogP contribution in [0.3, 0.4) is 0 Å². The molecule has 3 aliphatic rings. The number of halogens is 1. The van der Waals surface area contributed by atoms with Gasteiger partial charge in [-0.2, -0.15) is 0 Å². The van der Waals surface area contributed by atoms with E-state index in [1.165, 1.54) is 31.4 Å². The number of carbonyl (C=O) groups is 2. The van der Waals surface area contributed by atoms with Crippen LogP contribution in [0.2, 0.25) is 0 Å². The third kappa shape index (κ3) is 3.72. The molecule has 0 aromatic heterocycles. The van der Waals surface area contributed by atoms with Crippen molar-refractivity contribution < 1.29 is 14.0 Å². The number of nitrogens with zero attached hydrogens (tertiary/aromatic N) is 3. The molecule has 28 heavy (non-hydrogen) atoms. The highest BCUT2D eigenvalue weighted by molar-refractivity contribution is 5.96. The van der Waals surface area contributed by atoms with Gasteiger partial charge in [0.15, 0.2) is 0 Å². The van der Waals surface area contributed by atoms with Crippen LogP contribution in [-0.4, -0.2) is 66.5 Å². The maximum Gasteiger partial charge on any atom is 0.317 e. The van der Waals surface area contributed by atoms with E-state index in [1.807, 2.05) is 11.9 Å². The van der Waals surface area contributed by atoms with Crippen LogP contribution in [0.15, 0.2) is 24.3 Å². The van der Waals surface area contributed by atoms with E-state index in [9.17, 15) is 14.0 Å². The molecule has 2 saturated heterocycles. The van der Waals surface area contributed by atoms with Crippen molar-refractivity contribution in [2.45, 2.75) is 50.1 Å². The van der Waals surface area contributed by atoms with Gasteiger partial charge in [-0.15, -0.1) is 0 Å². The van der Waals surface area contributed by atoms with Crippen LogP contribution in [0.1, 0.15) is 38.5 Å². The molecule has 1 N–H and O–H groups in total. The summed E-state index contributed by atoms with van der Waals surface area (Å²) >= 11 is 0. The van der Waals surface area contributed by atoms with E-state index in [0.29, 0.717) is 25.3 Å². The van der Waals surface area contributed by atoms with E-state index in [0.717, 1.165) is 19.3 Å². The minimum Gasteiger partial charge on any atom is -0.335 e. The molecule has 3 fully saturated rings. The average Bonchev–Trinajstić information content (AvgIpc) is 3.11. The van der Waals surface area contributed by atoms with Gasteiger partial charge >= 0.3 is 6.03 Å². The van der Waals surface area contributed by atoms with Gasteiger partial charge in [-0.1, -0.05) is 25.3 Å². The summed E-state index contributed by atoms with van der Waals surface area (Å²) in [6.07, 6.45) is 6.55. The molecule has 6 nitrogen and oxygen atoms in total. The van der Waals surface area contributed by atoms with Gasteiger partial charge in [0, 0.05) is 31.4 Å². The summed E-state index contributed by atoms with van der Waals surface area (Å²) in [5.74, 6) is -0.387. The quantitative estimate of drug-likeness (QED) is 0.847. The Kier molecular flexibility index (Phi) is 5.27. The van der Waals surface area contributed by atoms with Crippen molar-refractivity contribution in [3.8, 4) is 0 Å². The number of hydrogen-bond donors (Lipinski definition) is 1. The number of anilines is 1. The molecular weight excluding hydrogens is 359 g/mol. The van der Waals surface area contributed by atoms with Gasteiger partial charge < -0.3 is 15.1 Å². The first-order chi connectivity index (χ1) is 13.5. The molecule has 1 atom stereocenters. The van der Waals surface area contributed by atoms with Gasteiger partial charge in [0.05, 0.1) is 12.1 Å². The van der Waals surface area contributed by atoms with Gasteiger partial charge in [-0.05, 0) is 44.5 Å². The maximum atomic E-state index is 13.7. The number of benzene rings is 1. The zero-order chi connectivity index (χ0) is 19.7. The predicted octanol–water partition coefficient (Wildman–Crippen LogP) is 2.59. The first-order valence-corrected chi connectivity index (χ1v) is 10.3. The zero-order valence-corrected chi connectivity index (χ0v) is 16.5. The summed E-state index contributed by atoms with van der Waals surface area (Å²) in [7, 11) is 1.95.